The van der Waals surface area contributed by atoms with Crippen molar-refractivity contribution in [3.63, 3.8) is 0 Å². The lowest BCUT2D eigenvalue weighted by molar-refractivity contribution is -0.118. The average Bonchev–Trinajstić information content (AvgIpc) is 2.41. The van der Waals surface area contributed by atoms with Gasteiger partial charge in [-0.05, 0) is 24.3 Å². The number of nitrogens with one attached hydrogen (secondary N) is 1. The van der Waals surface area contributed by atoms with Gasteiger partial charge < -0.3 is 0 Å². The van der Waals surface area contributed by atoms with E-state index in [1.807, 2.05) is 36.4 Å². The molecule has 2 aromatic heterocycles. The summed E-state index contributed by atoms with van der Waals surface area (Å²) in [6.07, 6.45) is 3.34. The molecular weight excluding hydrogens is 228 g/mol. The molecular formula is C13H12N4O. The largest absolute Gasteiger partial charge is 0.274 e. The van der Waals surface area contributed by atoms with Crippen LogP contribution >= 0.6 is 0 Å². The van der Waals surface area contributed by atoms with Gasteiger partial charge in [-0.2, -0.15) is 5.10 Å². The number of amides is 1. The molecule has 5 heteroatoms. The van der Waals surface area contributed by atoms with Gasteiger partial charge in [0.2, 0.25) is 5.91 Å². The Kier molecular flexibility index (Phi) is 3.76. The molecule has 2 aromatic rings. The van der Waals surface area contributed by atoms with Crippen LogP contribution in [0.3, 0.4) is 0 Å². The second kappa shape index (κ2) is 5.67. The quantitative estimate of drug-likeness (QED) is 0.650. The van der Waals surface area contributed by atoms with Gasteiger partial charge in [-0.15, -0.1) is 0 Å². The molecule has 0 aliphatic carbocycles. The second-order valence-electron chi connectivity index (χ2n) is 3.56. The predicted molar refractivity (Wildman–Crippen MR) is 67.9 cm³/mol. The van der Waals surface area contributed by atoms with Crippen LogP contribution in [0.4, 0.5) is 0 Å². The van der Waals surface area contributed by atoms with Crippen molar-refractivity contribution < 1.29 is 4.79 Å². The maximum Gasteiger partial charge on any atom is 0.236 e. The highest BCUT2D eigenvalue weighted by Gasteiger charge is 2.09. The Labute approximate surface area is 105 Å². The van der Waals surface area contributed by atoms with Crippen LogP contribution in [-0.4, -0.2) is 21.6 Å². The Morgan fingerprint density at radius 3 is 2.00 bits per heavy atom. The first-order valence-corrected chi connectivity index (χ1v) is 5.44. The fourth-order valence-electron chi connectivity index (χ4n) is 1.39. The van der Waals surface area contributed by atoms with Crippen LogP contribution < -0.4 is 5.43 Å². The molecule has 0 atom stereocenters. The fraction of sp³-hybridized carbons (Fsp3) is 0.0769. The highest BCUT2D eigenvalue weighted by molar-refractivity contribution is 6.10. The summed E-state index contributed by atoms with van der Waals surface area (Å²) in [5.41, 5.74) is 4.26. The number of aromatic nitrogens is 2. The van der Waals surface area contributed by atoms with Crippen molar-refractivity contribution in [3.8, 4) is 0 Å². The minimum Gasteiger partial charge on any atom is -0.274 e. The smallest absolute Gasteiger partial charge is 0.236 e. The number of pyridine rings is 2. The van der Waals surface area contributed by atoms with Crippen molar-refractivity contribution in [2.45, 2.75) is 6.92 Å². The first-order chi connectivity index (χ1) is 8.77. The summed E-state index contributed by atoms with van der Waals surface area (Å²) in [6.45, 7) is 1.40. The number of nitrogens with zero attached hydrogens (tertiary/aromatic N) is 3. The van der Waals surface area contributed by atoms with E-state index in [4.69, 9.17) is 0 Å². The van der Waals surface area contributed by atoms with Crippen molar-refractivity contribution in [2.24, 2.45) is 5.10 Å². The minimum atomic E-state index is -0.237. The van der Waals surface area contributed by atoms with Crippen LogP contribution in [0, 0.1) is 0 Å². The summed E-state index contributed by atoms with van der Waals surface area (Å²) in [5.74, 6) is -0.237. The zero-order valence-corrected chi connectivity index (χ0v) is 9.87. The Bertz CT molecular complexity index is 510. The first-order valence-electron chi connectivity index (χ1n) is 5.44. The zero-order valence-electron chi connectivity index (χ0n) is 9.87. The number of carbonyl (C=O) groups is 1. The molecule has 2 heterocycles. The lowest BCUT2D eigenvalue weighted by Gasteiger charge is -2.04. The molecule has 0 fully saturated rings. The molecule has 0 unspecified atom stereocenters. The van der Waals surface area contributed by atoms with Gasteiger partial charge in [-0.1, -0.05) is 12.1 Å². The Hall–Kier alpha value is -2.56. The average molecular weight is 240 g/mol. The summed E-state index contributed by atoms with van der Waals surface area (Å²) in [4.78, 5) is 19.4. The van der Waals surface area contributed by atoms with Gasteiger partial charge in [0.05, 0.1) is 11.4 Å². The van der Waals surface area contributed by atoms with E-state index in [9.17, 15) is 4.79 Å². The second-order valence-corrected chi connectivity index (χ2v) is 3.56. The molecule has 0 aliphatic heterocycles. The van der Waals surface area contributed by atoms with Gasteiger partial charge in [0.1, 0.15) is 5.71 Å². The van der Waals surface area contributed by atoms with Crippen molar-refractivity contribution >= 4 is 11.6 Å². The van der Waals surface area contributed by atoms with E-state index in [0.29, 0.717) is 17.1 Å². The number of rotatable bonds is 3. The molecule has 5 nitrogen and oxygen atoms in total. The van der Waals surface area contributed by atoms with Crippen LogP contribution in [0.15, 0.2) is 53.9 Å². The lowest BCUT2D eigenvalue weighted by atomic mass is 10.1. The molecule has 0 radical (unpaired) electrons. The summed E-state index contributed by atoms with van der Waals surface area (Å²) in [5, 5.41) is 4.06. The van der Waals surface area contributed by atoms with E-state index in [1.165, 1.54) is 6.92 Å². The zero-order chi connectivity index (χ0) is 12.8. The van der Waals surface area contributed by atoms with Gasteiger partial charge in [0.15, 0.2) is 0 Å². The normalized spacial score (nSPS) is 9.61. The molecule has 0 aliphatic rings. The Morgan fingerprint density at radius 2 is 1.61 bits per heavy atom. The monoisotopic (exact) mass is 240 g/mol. The van der Waals surface area contributed by atoms with E-state index >= 15 is 0 Å². The standard InChI is InChI=1S/C13H12N4O/c1-10(18)16-17-13(11-6-2-4-8-14-11)12-7-3-5-9-15-12/h2-9H,1H3,(H,16,18). The molecule has 0 bridgehead atoms. The van der Waals surface area contributed by atoms with E-state index in [1.54, 1.807) is 12.4 Å². The van der Waals surface area contributed by atoms with Gasteiger partial charge in [0.25, 0.3) is 0 Å². The molecule has 0 saturated heterocycles. The van der Waals surface area contributed by atoms with Gasteiger partial charge in [-0.3, -0.25) is 14.8 Å². The van der Waals surface area contributed by atoms with Gasteiger partial charge in [0, 0.05) is 19.3 Å². The highest BCUT2D eigenvalue weighted by Crippen LogP contribution is 2.05. The van der Waals surface area contributed by atoms with E-state index < -0.39 is 0 Å². The summed E-state index contributed by atoms with van der Waals surface area (Å²) in [7, 11) is 0. The number of carbonyl (C=O) groups excluding carboxylic acids is 1. The maximum absolute atomic E-state index is 11.0. The summed E-state index contributed by atoms with van der Waals surface area (Å²) >= 11 is 0. The summed E-state index contributed by atoms with van der Waals surface area (Å²) in [6, 6.07) is 11.0. The third-order valence-electron chi connectivity index (χ3n) is 2.14. The molecule has 1 N–H and O–H groups in total. The number of hydrogen-bond acceptors (Lipinski definition) is 4. The SMILES string of the molecule is CC(=O)NN=C(c1ccccn1)c1ccccn1. The molecule has 18 heavy (non-hydrogen) atoms. The number of hydrogen-bond donors (Lipinski definition) is 1. The third-order valence-corrected chi connectivity index (χ3v) is 2.14. The lowest BCUT2D eigenvalue weighted by Crippen LogP contribution is -2.18. The minimum absolute atomic E-state index is 0.237. The van der Waals surface area contributed by atoms with E-state index in [0.717, 1.165) is 0 Å². The van der Waals surface area contributed by atoms with E-state index in [-0.39, 0.29) is 5.91 Å². The highest BCUT2D eigenvalue weighted by atomic mass is 16.2. The van der Waals surface area contributed by atoms with Crippen LogP contribution in [0.2, 0.25) is 0 Å². The predicted octanol–water partition coefficient (Wildman–Crippen LogP) is 1.37. The van der Waals surface area contributed by atoms with Crippen molar-refractivity contribution in [1.82, 2.24) is 15.4 Å². The fourth-order valence-corrected chi connectivity index (χ4v) is 1.39. The van der Waals surface area contributed by atoms with Crippen molar-refractivity contribution in [3.05, 3.63) is 60.2 Å². The van der Waals surface area contributed by atoms with Crippen LogP contribution in [0.1, 0.15) is 18.3 Å². The van der Waals surface area contributed by atoms with Crippen molar-refractivity contribution in [2.75, 3.05) is 0 Å². The molecule has 0 spiro atoms. The van der Waals surface area contributed by atoms with Crippen LogP contribution in [0.25, 0.3) is 0 Å². The molecule has 90 valence electrons. The van der Waals surface area contributed by atoms with Crippen molar-refractivity contribution in [1.29, 1.82) is 0 Å². The molecule has 0 aromatic carbocycles. The molecule has 1 amide bonds. The topological polar surface area (TPSA) is 67.2 Å². The van der Waals surface area contributed by atoms with Gasteiger partial charge >= 0.3 is 0 Å². The first kappa shape index (κ1) is 11.9. The maximum atomic E-state index is 11.0. The Morgan fingerprint density at radius 1 is 1.06 bits per heavy atom. The molecule has 0 saturated carbocycles. The number of hydrazone groups is 1. The van der Waals surface area contributed by atoms with Crippen LogP contribution in [0.5, 0.6) is 0 Å². The summed E-state index contributed by atoms with van der Waals surface area (Å²) < 4.78 is 0. The third kappa shape index (κ3) is 2.98. The van der Waals surface area contributed by atoms with Crippen LogP contribution in [-0.2, 0) is 4.79 Å². The van der Waals surface area contributed by atoms with E-state index in [2.05, 4.69) is 20.5 Å². The Balaban J connectivity index is 2.42. The molecule has 2 rings (SSSR count). The van der Waals surface area contributed by atoms with Gasteiger partial charge in [-0.25, -0.2) is 5.43 Å².